The molecule has 0 aromatic heterocycles. The molecule has 72 valence electrons. The highest BCUT2D eigenvalue weighted by Gasteiger charge is 2.15. The van der Waals surface area contributed by atoms with Gasteiger partial charge in [0.05, 0.1) is 7.11 Å². The highest BCUT2D eigenvalue weighted by Crippen LogP contribution is 2.25. The van der Waals surface area contributed by atoms with E-state index in [0.717, 1.165) is 0 Å². The van der Waals surface area contributed by atoms with E-state index in [9.17, 15) is 8.42 Å². The monoisotopic (exact) mass is 203 g/mol. The van der Waals surface area contributed by atoms with Crippen molar-refractivity contribution in [2.45, 2.75) is 4.90 Å². The zero-order chi connectivity index (χ0) is 10.1. The van der Waals surface area contributed by atoms with Crippen LogP contribution in [-0.2, 0) is 10.1 Å². The molecule has 0 heterocycles. The molecule has 0 aliphatic heterocycles. The third kappa shape index (κ3) is 2.10. The molecular weight excluding hydrogens is 194 g/mol. The van der Waals surface area contributed by atoms with Crippen LogP contribution in [0.5, 0.6) is 5.75 Å². The molecule has 1 aromatic rings. The van der Waals surface area contributed by atoms with Crippen molar-refractivity contribution in [2.24, 2.45) is 0 Å². The lowest BCUT2D eigenvalue weighted by Crippen LogP contribution is -2.01. The van der Waals surface area contributed by atoms with Gasteiger partial charge < -0.3 is 10.5 Å². The number of anilines is 1. The first-order valence-electron chi connectivity index (χ1n) is 3.36. The zero-order valence-electron chi connectivity index (χ0n) is 6.89. The minimum Gasteiger partial charge on any atom is -0.495 e. The predicted molar refractivity (Wildman–Crippen MR) is 47.2 cm³/mol. The van der Waals surface area contributed by atoms with Crippen LogP contribution >= 0.6 is 0 Å². The first-order chi connectivity index (χ1) is 5.95. The maximum absolute atomic E-state index is 10.8. The molecule has 0 spiro atoms. The number of ether oxygens (including phenoxy) is 1. The molecule has 5 nitrogen and oxygen atoms in total. The van der Waals surface area contributed by atoms with Gasteiger partial charge in [0.2, 0.25) is 0 Å². The standard InChI is InChI=1S/C7H9NO4S/c1-12-6-4-5(8)2-3-7(6)13(9,10)11/h2-4H,8H2,1H3,(H,9,10,11). The van der Waals surface area contributed by atoms with Gasteiger partial charge in [-0.25, -0.2) is 0 Å². The van der Waals surface area contributed by atoms with Gasteiger partial charge in [-0.05, 0) is 12.1 Å². The van der Waals surface area contributed by atoms with Crippen LogP contribution in [0, 0.1) is 0 Å². The van der Waals surface area contributed by atoms with Crippen molar-refractivity contribution in [1.29, 1.82) is 0 Å². The van der Waals surface area contributed by atoms with Crippen LogP contribution in [0.3, 0.4) is 0 Å². The van der Waals surface area contributed by atoms with Gasteiger partial charge in [-0.15, -0.1) is 0 Å². The molecule has 0 aliphatic carbocycles. The maximum Gasteiger partial charge on any atom is 0.298 e. The van der Waals surface area contributed by atoms with Crippen LogP contribution < -0.4 is 10.5 Å². The molecule has 0 atom stereocenters. The fraction of sp³-hybridized carbons (Fsp3) is 0.143. The molecule has 0 saturated heterocycles. The molecule has 0 aliphatic rings. The Bertz CT molecular complexity index is 413. The summed E-state index contributed by atoms with van der Waals surface area (Å²) in [4.78, 5) is -0.288. The second-order valence-electron chi connectivity index (χ2n) is 2.39. The third-order valence-electron chi connectivity index (χ3n) is 1.47. The topological polar surface area (TPSA) is 89.6 Å². The summed E-state index contributed by atoms with van der Waals surface area (Å²) in [7, 11) is -2.95. The van der Waals surface area contributed by atoms with Gasteiger partial charge in [0.25, 0.3) is 10.1 Å². The quantitative estimate of drug-likeness (QED) is 0.540. The Morgan fingerprint density at radius 2 is 2.08 bits per heavy atom. The van der Waals surface area contributed by atoms with Crippen molar-refractivity contribution in [3.05, 3.63) is 18.2 Å². The Balaban J connectivity index is 3.39. The summed E-state index contributed by atoms with van der Waals surface area (Å²) in [5, 5.41) is 0. The van der Waals surface area contributed by atoms with E-state index in [1.165, 1.54) is 25.3 Å². The summed E-state index contributed by atoms with van der Waals surface area (Å²) >= 11 is 0. The van der Waals surface area contributed by atoms with E-state index < -0.39 is 10.1 Å². The molecule has 3 N–H and O–H groups in total. The molecule has 0 amide bonds. The molecule has 1 aromatic carbocycles. The van der Waals surface area contributed by atoms with Gasteiger partial charge in [0.15, 0.2) is 0 Å². The number of hydrogen-bond acceptors (Lipinski definition) is 4. The summed E-state index contributed by atoms with van der Waals surface area (Å²) < 4.78 is 35.0. The average molecular weight is 203 g/mol. The number of rotatable bonds is 2. The van der Waals surface area contributed by atoms with E-state index in [1.54, 1.807) is 0 Å². The van der Waals surface area contributed by atoms with E-state index in [2.05, 4.69) is 0 Å². The summed E-state index contributed by atoms with van der Waals surface area (Å²) in [6, 6.07) is 3.87. The Morgan fingerprint density at radius 3 is 2.54 bits per heavy atom. The Hall–Kier alpha value is -1.27. The van der Waals surface area contributed by atoms with E-state index in [-0.39, 0.29) is 10.6 Å². The van der Waals surface area contributed by atoms with Gasteiger partial charge in [0.1, 0.15) is 10.6 Å². The van der Waals surface area contributed by atoms with Gasteiger partial charge in [-0.2, -0.15) is 8.42 Å². The number of hydrogen-bond donors (Lipinski definition) is 2. The molecule has 1 rings (SSSR count). The second-order valence-corrected chi connectivity index (χ2v) is 3.78. The van der Waals surface area contributed by atoms with E-state index in [4.69, 9.17) is 15.0 Å². The summed E-state index contributed by atoms with van der Waals surface area (Å²) in [6.07, 6.45) is 0. The molecule has 0 bridgehead atoms. The average Bonchev–Trinajstić information content (AvgIpc) is 2.01. The van der Waals surface area contributed by atoms with Gasteiger partial charge in [-0.1, -0.05) is 0 Å². The number of nitrogen functional groups attached to an aromatic ring is 1. The largest absolute Gasteiger partial charge is 0.495 e. The Kier molecular flexibility index (Phi) is 2.44. The summed E-state index contributed by atoms with van der Waals surface area (Å²) in [5.41, 5.74) is 5.75. The van der Waals surface area contributed by atoms with Gasteiger partial charge in [0, 0.05) is 11.8 Å². The minimum atomic E-state index is -4.24. The van der Waals surface area contributed by atoms with Crippen molar-refractivity contribution < 1.29 is 17.7 Å². The lowest BCUT2D eigenvalue weighted by molar-refractivity contribution is 0.398. The molecular formula is C7H9NO4S. The van der Waals surface area contributed by atoms with Gasteiger partial charge in [-0.3, -0.25) is 4.55 Å². The molecule has 0 fully saturated rings. The van der Waals surface area contributed by atoms with E-state index in [1.807, 2.05) is 0 Å². The fourth-order valence-corrected chi connectivity index (χ4v) is 1.53. The highest BCUT2D eigenvalue weighted by atomic mass is 32.2. The van der Waals surface area contributed by atoms with Crippen LogP contribution in [0.2, 0.25) is 0 Å². The van der Waals surface area contributed by atoms with Crippen molar-refractivity contribution in [2.75, 3.05) is 12.8 Å². The van der Waals surface area contributed by atoms with E-state index >= 15 is 0 Å². The van der Waals surface area contributed by atoms with Crippen LogP contribution in [0.4, 0.5) is 5.69 Å². The van der Waals surface area contributed by atoms with Crippen molar-refractivity contribution in [1.82, 2.24) is 0 Å². The van der Waals surface area contributed by atoms with Crippen molar-refractivity contribution >= 4 is 15.8 Å². The molecule has 0 unspecified atom stereocenters. The molecule has 0 saturated carbocycles. The third-order valence-corrected chi connectivity index (χ3v) is 2.36. The Morgan fingerprint density at radius 1 is 1.46 bits per heavy atom. The van der Waals surface area contributed by atoms with Crippen LogP contribution in [0.25, 0.3) is 0 Å². The smallest absolute Gasteiger partial charge is 0.298 e. The fourth-order valence-electron chi connectivity index (χ4n) is 0.897. The normalized spacial score (nSPS) is 11.2. The minimum absolute atomic E-state index is 0.0301. The SMILES string of the molecule is COc1cc(N)ccc1S(=O)(=O)O. The number of methoxy groups -OCH3 is 1. The molecule has 6 heteroatoms. The first-order valence-corrected chi connectivity index (χ1v) is 4.80. The highest BCUT2D eigenvalue weighted by molar-refractivity contribution is 7.86. The summed E-state index contributed by atoms with van der Waals surface area (Å²) in [6.45, 7) is 0. The van der Waals surface area contributed by atoms with Crippen molar-refractivity contribution in [3.8, 4) is 5.75 Å². The van der Waals surface area contributed by atoms with Gasteiger partial charge >= 0.3 is 0 Å². The summed E-state index contributed by atoms with van der Waals surface area (Å²) in [5.74, 6) is 0.0301. The van der Waals surface area contributed by atoms with Crippen LogP contribution in [0.1, 0.15) is 0 Å². The first kappa shape index (κ1) is 9.82. The Labute approximate surface area is 75.9 Å². The number of nitrogens with two attached hydrogens (primary N) is 1. The lowest BCUT2D eigenvalue weighted by atomic mass is 10.3. The molecule has 0 radical (unpaired) electrons. The molecule has 13 heavy (non-hydrogen) atoms. The lowest BCUT2D eigenvalue weighted by Gasteiger charge is -2.05. The number of benzene rings is 1. The van der Waals surface area contributed by atoms with Crippen LogP contribution in [0.15, 0.2) is 23.1 Å². The predicted octanol–water partition coefficient (Wildman–Crippen LogP) is 0.524. The van der Waals surface area contributed by atoms with Crippen molar-refractivity contribution in [3.63, 3.8) is 0 Å². The van der Waals surface area contributed by atoms with E-state index in [0.29, 0.717) is 5.69 Å². The van der Waals surface area contributed by atoms with Crippen LogP contribution in [-0.4, -0.2) is 20.1 Å². The second kappa shape index (κ2) is 3.23. The zero-order valence-corrected chi connectivity index (χ0v) is 7.71. The maximum atomic E-state index is 10.8.